The molecule has 1 aliphatic rings. The second kappa shape index (κ2) is 7.36. The van der Waals surface area contributed by atoms with E-state index >= 15 is 0 Å². The molecule has 1 saturated heterocycles. The maximum Gasteiger partial charge on any atom is 0.411 e. The van der Waals surface area contributed by atoms with E-state index in [0.717, 1.165) is 22.8 Å². The normalized spacial score (nSPS) is 17.3. The van der Waals surface area contributed by atoms with E-state index in [4.69, 9.17) is 9.47 Å². The molecule has 1 unspecified atom stereocenters. The van der Waals surface area contributed by atoms with Gasteiger partial charge in [0.2, 0.25) is 0 Å². The second-order valence-electron chi connectivity index (χ2n) is 7.62. The fraction of sp³-hybridized carbons (Fsp3) is 0.429. The average Bonchev–Trinajstić information content (AvgIpc) is 3.08. The van der Waals surface area contributed by atoms with E-state index in [-0.39, 0.29) is 12.6 Å². The molecule has 0 radical (unpaired) electrons. The summed E-state index contributed by atoms with van der Waals surface area (Å²) in [6.07, 6.45) is 0.924. The number of rotatable bonds is 3. The number of benzene rings is 2. The first-order chi connectivity index (χ1) is 12.3. The van der Waals surface area contributed by atoms with Crippen molar-refractivity contribution in [2.24, 2.45) is 0 Å². The number of nitrogens with zero attached hydrogens (tertiary/aromatic N) is 1. The minimum absolute atomic E-state index is 0.197. The van der Waals surface area contributed by atoms with Crippen LogP contribution in [0.4, 0.5) is 4.79 Å². The molecular formula is C21H25NO4. The van der Waals surface area contributed by atoms with E-state index in [1.165, 1.54) is 4.90 Å². The van der Waals surface area contributed by atoms with Crippen LogP contribution >= 0.6 is 0 Å². The van der Waals surface area contributed by atoms with Crippen LogP contribution in [0.1, 0.15) is 39.2 Å². The highest BCUT2D eigenvalue weighted by Gasteiger charge is 2.37. The monoisotopic (exact) mass is 355 g/mol. The van der Waals surface area contributed by atoms with Gasteiger partial charge in [-0.05, 0) is 56.0 Å². The molecule has 2 aromatic carbocycles. The summed E-state index contributed by atoms with van der Waals surface area (Å²) in [5, 5.41) is 2.26. The first kappa shape index (κ1) is 18.2. The van der Waals surface area contributed by atoms with Gasteiger partial charge >= 0.3 is 12.1 Å². The minimum Gasteiger partial charge on any atom is -0.459 e. The smallest absolute Gasteiger partial charge is 0.411 e. The van der Waals surface area contributed by atoms with Crippen molar-refractivity contribution in [1.29, 1.82) is 0 Å². The van der Waals surface area contributed by atoms with E-state index in [1.807, 2.05) is 63.2 Å². The lowest BCUT2D eigenvalue weighted by molar-refractivity contribution is -0.150. The molecule has 0 aliphatic carbocycles. The Kier molecular flexibility index (Phi) is 5.16. The summed E-state index contributed by atoms with van der Waals surface area (Å²) < 4.78 is 10.9. The number of esters is 1. The lowest BCUT2D eigenvalue weighted by Crippen LogP contribution is -2.44. The highest BCUT2D eigenvalue weighted by molar-refractivity contribution is 5.84. The van der Waals surface area contributed by atoms with Crippen molar-refractivity contribution in [3.8, 4) is 0 Å². The largest absolute Gasteiger partial charge is 0.459 e. The molecule has 0 spiro atoms. The van der Waals surface area contributed by atoms with Gasteiger partial charge in [0.15, 0.2) is 0 Å². The van der Waals surface area contributed by atoms with Crippen LogP contribution in [0.25, 0.3) is 10.8 Å². The quantitative estimate of drug-likeness (QED) is 0.771. The molecule has 0 N–H and O–H groups in total. The van der Waals surface area contributed by atoms with Gasteiger partial charge in [-0.2, -0.15) is 0 Å². The number of hydrogen-bond acceptors (Lipinski definition) is 4. The fourth-order valence-corrected chi connectivity index (χ4v) is 3.13. The van der Waals surface area contributed by atoms with Crippen LogP contribution in [0.2, 0.25) is 0 Å². The summed E-state index contributed by atoms with van der Waals surface area (Å²) in [6.45, 7) is 6.16. The van der Waals surface area contributed by atoms with Crippen LogP contribution in [0.15, 0.2) is 42.5 Å². The van der Waals surface area contributed by atoms with Gasteiger partial charge in [-0.3, -0.25) is 4.90 Å². The number of likely N-dealkylation sites (tertiary alicyclic amines) is 1. The fourth-order valence-electron chi connectivity index (χ4n) is 3.13. The molecule has 5 heteroatoms. The van der Waals surface area contributed by atoms with Gasteiger partial charge in [0.25, 0.3) is 0 Å². The Morgan fingerprint density at radius 3 is 2.58 bits per heavy atom. The first-order valence-corrected chi connectivity index (χ1v) is 8.97. The second-order valence-corrected chi connectivity index (χ2v) is 7.62. The van der Waals surface area contributed by atoms with Crippen molar-refractivity contribution in [2.75, 3.05) is 6.54 Å². The van der Waals surface area contributed by atoms with Crippen LogP contribution in [-0.2, 0) is 20.9 Å². The third-order valence-corrected chi connectivity index (χ3v) is 4.35. The van der Waals surface area contributed by atoms with E-state index in [0.29, 0.717) is 13.0 Å². The molecule has 1 aliphatic heterocycles. The standard InChI is InChI=1S/C21H25NO4/c1-21(2,3)26-20(24)22-12-6-9-18(22)19(23)25-14-15-10-11-16-7-4-5-8-17(16)13-15/h4-5,7-8,10-11,13,18H,6,9,12,14H2,1-3H3. The Morgan fingerprint density at radius 2 is 1.85 bits per heavy atom. The summed E-state index contributed by atoms with van der Waals surface area (Å²) in [6, 6.07) is 13.5. The number of carbonyl (C=O) groups is 2. The zero-order chi connectivity index (χ0) is 18.7. The summed E-state index contributed by atoms with van der Waals surface area (Å²) in [4.78, 5) is 26.3. The Hall–Kier alpha value is -2.56. The van der Waals surface area contributed by atoms with Gasteiger partial charge in [-0.25, -0.2) is 9.59 Å². The van der Waals surface area contributed by atoms with Crippen molar-refractivity contribution >= 4 is 22.8 Å². The Balaban J connectivity index is 1.62. The summed E-state index contributed by atoms with van der Waals surface area (Å²) >= 11 is 0. The SMILES string of the molecule is CC(C)(C)OC(=O)N1CCCC1C(=O)OCc1ccc2ccccc2c1. The Labute approximate surface area is 153 Å². The Bertz CT molecular complexity index is 809. The molecule has 0 aromatic heterocycles. The van der Waals surface area contributed by atoms with Crippen molar-refractivity contribution in [3.63, 3.8) is 0 Å². The third-order valence-electron chi connectivity index (χ3n) is 4.35. The number of amides is 1. The third kappa shape index (κ3) is 4.34. The molecule has 1 atom stereocenters. The van der Waals surface area contributed by atoms with Gasteiger partial charge < -0.3 is 9.47 Å². The Morgan fingerprint density at radius 1 is 1.12 bits per heavy atom. The molecule has 1 heterocycles. The highest BCUT2D eigenvalue weighted by atomic mass is 16.6. The van der Waals surface area contributed by atoms with Gasteiger partial charge in [-0.1, -0.05) is 36.4 Å². The molecule has 0 bridgehead atoms. The number of hydrogen-bond donors (Lipinski definition) is 0. The highest BCUT2D eigenvalue weighted by Crippen LogP contribution is 2.23. The van der Waals surface area contributed by atoms with Gasteiger partial charge in [0, 0.05) is 6.54 Å². The number of fused-ring (bicyclic) bond motifs is 1. The average molecular weight is 355 g/mol. The molecule has 1 fully saturated rings. The first-order valence-electron chi connectivity index (χ1n) is 8.97. The lowest BCUT2D eigenvalue weighted by Gasteiger charge is -2.27. The van der Waals surface area contributed by atoms with Crippen molar-refractivity contribution in [2.45, 2.75) is 51.9 Å². The van der Waals surface area contributed by atoms with E-state index in [9.17, 15) is 9.59 Å². The zero-order valence-electron chi connectivity index (χ0n) is 15.5. The molecular weight excluding hydrogens is 330 g/mol. The van der Waals surface area contributed by atoms with Gasteiger partial charge in [0.1, 0.15) is 18.2 Å². The van der Waals surface area contributed by atoms with Crippen LogP contribution in [0, 0.1) is 0 Å². The molecule has 3 rings (SSSR count). The molecule has 2 aromatic rings. The van der Waals surface area contributed by atoms with E-state index in [1.54, 1.807) is 0 Å². The van der Waals surface area contributed by atoms with E-state index in [2.05, 4.69) is 0 Å². The van der Waals surface area contributed by atoms with Crippen molar-refractivity contribution < 1.29 is 19.1 Å². The van der Waals surface area contributed by atoms with E-state index < -0.39 is 17.7 Å². The molecule has 0 saturated carbocycles. The molecule has 5 nitrogen and oxygen atoms in total. The lowest BCUT2D eigenvalue weighted by atomic mass is 10.1. The molecule has 1 amide bonds. The summed E-state index contributed by atoms with van der Waals surface area (Å²) in [7, 11) is 0. The molecule has 26 heavy (non-hydrogen) atoms. The van der Waals surface area contributed by atoms with Crippen LogP contribution < -0.4 is 0 Å². The predicted octanol–water partition coefficient (Wildman–Crippen LogP) is 4.28. The summed E-state index contributed by atoms with van der Waals surface area (Å²) in [5.41, 5.74) is 0.345. The van der Waals surface area contributed by atoms with Gasteiger partial charge in [0.05, 0.1) is 0 Å². The number of carbonyl (C=O) groups excluding carboxylic acids is 2. The van der Waals surface area contributed by atoms with Crippen molar-refractivity contribution in [3.05, 3.63) is 48.0 Å². The number of ether oxygens (including phenoxy) is 2. The maximum atomic E-state index is 12.5. The van der Waals surface area contributed by atoms with Crippen LogP contribution in [-0.4, -0.2) is 35.2 Å². The van der Waals surface area contributed by atoms with Crippen LogP contribution in [0.3, 0.4) is 0 Å². The summed E-state index contributed by atoms with van der Waals surface area (Å²) in [5.74, 6) is -0.374. The topological polar surface area (TPSA) is 55.8 Å². The maximum absolute atomic E-state index is 12.5. The predicted molar refractivity (Wildman–Crippen MR) is 99.7 cm³/mol. The zero-order valence-corrected chi connectivity index (χ0v) is 15.5. The van der Waals surface area contributed by atoms with Gasteiger partial charge in [-0.15, -0.1) is 0 Å². The molecule has 138 valence electrons. The van der Waals surface area contributed by atoms with Crippen LogP contribution in [0.5, 0.6) is 0 Å². The minimum atomic E-state index is -0.584. The van der Waals surface area contributed by atoms with Crippen molar-refractivity contribution in [1.82, 2.24) is 4.90 Å².